The van der Waals surface area contributed by atoms with E-state index in [0.717, 1.165) is 45.6 Å². The van der Waals surface area contributed by atoms with Gasteiger partial charge in [-0.15, -0.1) is 10.2 Å². The molecular formula is C18H17ClN6S. The molecule has 3 aromatic heterocycles. The molecule has 0 fully saturated rings. The standard InChI is InChI=1S/C18H17ClN6S/c1-11-15(19)16-20-17(12-7-4-5-8-13(12)25(16)23-11)26-18-22-21-14-9-3-2-6-10-24(14)18/h4-5,7-8H,2-3,6,9-10H2,1H3. The second kappa shape index (κ2) is 6.25. The fraction of sp³-hybridized carbons (Fsp3) is 0.333. The minimum absolute atomic E-state index is 0.595. The van der Waals surface area contributed by atoms with E-state index in [4.69, 9.17) is 16.6 Å². The van der Waals surface area contributed by atoms with Gasteiger partial charge in [0.15, 0.2) is 10.8 Å². The number of halogens is 1. The fourth-order valence-corrected chi connectivity index (χ4v) is 4.59. The summed E-state index contributed by atoms with van der Waals surface area (Å²) in [6.45, 7) is 2.87. The van der Waals surface area contributed by atoms with Crippen molar-refractivity contribution in [2.45, 2.75) is 49.3 Å². The molecule has 0 aliphatic carbocycles. The predicted molar refractivity (Wildman–Crippen MR) is 102 cm³/mol. The van der Waals surface area contributed by atoms with Gasteiger partial charge in [-0.2, -0.15) is 5.10 Å². The third-order valence-electron chi connectivity index (χ3n) is 4.80. The molecule has 0 N–H and O–H groups in total. The van der Waals surface area contributed by atoms with Gasteiger partial charge in [0.1, 0.15) is 15.9 Å². The Labute approximate surface area is 159 Å². The van der Waals surface area contributed by atoms with Crippen LogP contribution in [0.4, 0.5) is 0 Å². The zero-order valence-electron chi connectivity index (χ0n) is 14.3. The quantitative estimate of drug-likeness (QED) is 0.482. The maximum absolute atomic E-state index is 6.44. The third-order valence-corrected chi connectivity index (χ3v) is 6.23. The van der Waals surface area contributed by atoms with Crippen LogP contribution >= 0.6 is 23.4 Å². The van der Waals surface area contributed by atoms with Gasteiger partial charge in [0.05, 0.1) is 11.2 Å². The van der Waals surface area contributed by atoms with Crippen molar-refractivity contribution in [2.75, 3.05) is 0 Å². The highest BCUT2D eigenvalue weighted by molar-refractivity contribution is 7.99. The van der Waals surface area contributed by atoms with E-state index in [1.807, 2.05) is 29.6 Å². The molecule has 8 heteroatoms. The maximum atomic E-state index is 6.44. The van der Waals surface area contributed by atoms with Gasteiger partial charge in [-0.1, -0.05) is 36.2 Å². The van der Waals surface area contributed by atoms with Gasteiger partial charge in [0.25, 0.3) is 0 Å². The van der Waals surface area contributed by atoms with Crippen LogP contribution in [0.15, 0.2) is 34.4 Å². The molecule has 26 heavy (non-hydrogen) atoms. The van der Waals surface area contributed by atoms with Crippen LogP contribution < -0.4 is 0 Å². The molecule has 0 atom stereocenters. The predicted octanol–water partition coefficient (Wildman–Crippen LogP) is 4.31. The molecule has 1 aliphatic heterocycles. The average Bonchev–Trinajstić information content (AvgIpc) is 3.06. The van der Waals surface area contributed by atoms with Crippen LogP contribution in [0.25, 0.3) is 16.6 Å². The minimum atomic E-state index is 0.595. The Hall–Kier alpha value is -2.12. The lowest BCUT2D eigenvalue weighted by Crippen LogP contribution is -2.03. The number of hydrogen-bond donors (Lipinski definition) is 0. The molecule has 0 spiro atoms. The van der Waals surface area contributed by atoms with Crippen LogP contribution in [0.2, 0.25) is 5.02 Å². The van der Waals surface area contributed by atoms with Crippen molar-refractivity contribution in [1.29, 1.82) is 0 Å². The zero-order chi connectivity index (χ0) is 17.7. The Morgan fingerprint density at radius 1 is 1.12 bits per heavy atom. The van der Waals surface area contributed by atoms with Crippen molar-refractivity contribution in [3.05, 3.63) is 40.8 Å². The summed E-state index contributed by atoms with van der Waals surface area (Å²) in [6, 6.07) is 8.13. The van der Waals surface area contributed by atoms with Gasteiger partial charge in [-0.3, -0.25) is 0 Å². The van der Waals surface area contributed by atoms with Crippen molar-refractivity contribution < 1.29 is 0 Å². The SMILES string of the molecule is Cc1nn2c(nc(Sc3nnc4n3CCCCC4)c3ccccc32)c1Cl. The molecule has 0 radical (unpaired) electrons. The molecule has 6 nitrogen and oxygen atoms in total. The van der Waals surface area contributed by atoms with Crippen LogP contribution in [-0.2, 0) is 13.0 Å². The van der Waals surface area contributed by atoms with E-state index in [2.05, 4.69) is 25.9 Å². The smallest absolute Gasteiger partial charge is 0.197 e. The van der Waals surface area contributed by atoms with Crippen LogP contribution in [0.3, 0.4) is 0 Å². The van der Waals surface area contributed by atoms with Gasteiger partial charge >= 0.3 is 0 Å². The number of benzene rings is 1. The number of rotatable bonds is 2. The molecule has 0 amide bonds. The van der Waals surface area contributed by atoms with Crippen LogP contribution in [0.5, 0.6) is 0 Å². The average molecular weight is 385 g/mol. The van der Waals surface area contributed by atoms with Crippen LogP contribution in [0.1, 0.15) is 30.8 Å². The summed E-state index contributed by atoms with van der Waals surface area (Å²) in [4.78, 5) is 4.82. The van der Waals surface area contributed by atoms with E-state index in [9.17, 15) is 0 Å². The van der Waals surface area contributed by atoms with Crippen LogP contribution in [-0.4, -0.2) is 29.4 Å². The van der Waals surface area contributed by atoms with E-state index < -0.39 is 0 Å². The van der Waals surface area contributed by atoms with E-state index in [1.54, 1.807) is 11.8 Å². The Kier molecular flexibility index (Phi) is 3.86. The number of aryl methyl sites for hydroxylation is 2. The Balaban J connectivity index is 1.69. The van der Waals surface area contributed by atoms with E-state index in [1.165, 1.54) is 19.3 Å². The van der Waals surface area contributed by atoms with E-state index >= 15 is 0 Å². The molecule has 4 heterocycles. The first-order valence-electron chi connectivity index (χ1n) is 8.76. The Morgan fingerprint density at radius 3 is 2.92 bits per heavy atom. The van der Waals surface area contributed by atoms with Crippen LogP contribution in [0, 0.1) is 6.92 Å². The van der Waals surface area contributed by atoms with Crippen molar-refractivity contribution in [1.82, 2.24) is 29.4 Å². The van der Waals surface area contributed by atoms with E-state index in [-0.39, 0.29) is 0 Å². The molecule has 5 rings (SSSR count). The third kappa shape index (κ3) is 2.49. The topological polar surface area (TPSA) is 60.9 Å². The molecule has 132 valence electrons. The Bertz CT molecular complexity index is 1130. The van der Waals surface area contributed by atoms with Crippen molar-refractivity contribution in [3.8, 4) is 0 Å². The highest BCUT2D eigenvalue weighted by Crippen LogP contribution is 2.34. The number of aromatic nitrogens is 6. The summed E-state index contributed by atoms with van der Waals surface area (Å²) in [5.74, 6) is 1.08. The lowest BCUT2D eigenvalue weighted by atomic mass is 10.2. The lowest BCUT2D eigenvalue weighted by Gasteiger charge is -2.09. The summed E-state index contributed by atoms with van der Waals surface area (Å²) in [7, 11) is 0. The van der Waals surface area contributed by atoms with Crippen molar-refractivity contribution in [3.63, 3.8) is 0 Å². The lowest BCUT2D eigenvalue weighted by molar-refractivity contribution is 0.591. The molecule has 0 saturated heterocycles. The monoisotopic (exact) mass is 384 g/mol. The largest absolute Gasteiger partial charge is 0.306 e. The van der Waals surface area contributed by atoms with Gasteiger partial charge in [-0.05, 0) is 37.6 Å². The Morgan fingerprint density at radius 2 is 2.00 bits per heavy atom. The first-order valence-corrected chi connectivity index (χ1v) is 9.95. The molecule has 1 aliphatic rings. The summed E-state index contributed by atoms with van der Waals surface area (Å²) < 4.78 is 4.06. The number of hydrogen-bond acceptors (Lipinski definition) is 5. The minimum Gasteiger partial charge on any atom is -0.306 e. The molecule has 0 saturated carbocycles. The van der Waals surface area contributed by atoms with Gasteiger partial charge in [-0.25, -0.2) is 9.50 Å². The fourth-order valence-electron chi connectivity index (χ4n) is 3.45. The zero-order valence-corrected chi connectivity index (χ0v) is 15.9. The summed E-state index contributed by atoms with van der Waals surface area (Å²) in [5.41, 5.74) is 2.45. The summed E-state index contributed by atoms with van der Waals surface area (Å²) >= 11 is 8.00. The highest BCUT2D eigenvalue weighted by Gasteiger charge is 2.19. The number of fused-ring (bicyclic) bond motifs is 4. The number of nitrogens with zero attached hydrogens (tertiary/aromatic N) is 6. The second-order valence-corrected chi connectivity index (χ2v) is 7.87. The maximum Gasteiger partial charge on any atom is 0.197 e. The van der Waals surface area contributed by atoms with Gasteiger partial charge in [0, 0.05) is 18.4 Å². The first kappa shape index (κ1) is 16.1. The highest BCUT2D eigenvalue weighted by atomic mass is 35.5. The first-order chi connectivity index (χ1) is 12.7. The molecule has 4 aromatic rings. The second-order valence-electron chi connectivity index (χ2n) is 6.53. The molecule has 1 aromatic carbocycles. The summed E-state index contributed by atoms with van der Waals surface area (Å²) in [6.07, 6.45) is 4.58. The van der Waals surface area contributed by atoms with Crippen molar-refractivity contribution >= 4 is 39.9 Å². The molecule has 0 bridgehead atoms. The molecule has 0 unspecified atom stereocenters. The summed E-state index contributed by atoms with van der Waals surface area (Å²) in [5, 5.41) is 16.8. The van der Waals surface area contributed by atoms with Gasteiger partial charge < -0.3 is 4.57 Å². The van der Waals surface area contributed by atoms with Crippen molar-refractivity contribution in [2.24, 2.45) is 0 Å². The molecular weight excluding hydrogens is 368 g/mol. The normalized spacial score (nSPS) is 14.7. The number of para-hydroxylation sites is 1. The van der Waals surface area contributed by atoms with E-state index in [0.29, 0.717) is 10.7 Å². The van der Waals surface area contributed by atoms with Gasteiger partial charge in [0.2, 0.25) is 0 Å².